The van der Waals surface area contributed by atoms with Crippen molar-refractivity contribution in [3.05, 3.63) is 0 Å². The summed E-state index contributed by atoms with van der Waals surface area (Å²) in [5.41, 5.74) is -0.139. The van der Waals surface area contributed by atoms with Crippen LogP contribution in [0, 0.1) is 17.8 Å². The van der Waals surface area contributed by atoms with E-state index in [1.54, 1.807) is 4.90 Å². The van der Waals surface area contributed by atoms with E-state index >= 15 is 0 Å². The maximum absolute atomic E-state index is 12.9. The Kier molecular flexibility index (Phi) is 4.64. The van der Waals surface area contributed by atoms with E-state index in [4.69, 9.17) is 6.42 Å². The van der Waals surface area contributed by atoms with Gasteiger partial charge in [-0.15, -0.1) is 6.42 Å². The van der Waals surface area contributed by atoms with Crippen molar-refractivity contribution in [2.75, 3.05) is 24.6 Å². The number of carbonyl (C=O) groups excluding carboxylic acids is 1. The van der Waals surface area contributed by atoms with Gasteiger partial charge in [0.15, 0.2) is 9.84 Å². The lowest BCUT2D eigenvalue weighted by atomic mass is 9.77. The van der Waals surface area contributed by atoms with Crippen molar-refractivity contribution in [3.63, 3.8) is 0 Å². The van der Waals surface area contributed by atoms with E-state index in [-0.39, 0.29) is 41.5 Å². The number of terminal acetylenes is 1. The summed E-state index contributed by atoms with van der Waals surface area (Å²) in [6, 6.07) is -0.569. The third-order valence-corrected chi connectivity index (χ3v) is 6.32. The Morgan fingerprint density at radius 3 is 2.71 bits per heavy atom. The number of amides is 1. The van der Waals surface area contributed by atoms with Crippen molar-refractivity contribution in [2.24, 2.45) is 5.41 Å². The second-order valence-electron chi connectivity index (χ2n) is 6.71. The van der Waals surface area contributed by atoms with Gasteiger partial charge >= 0.3 is 0 Å². The zero-order chi connectivity index (χ0) is 15.7. The predicted octanol–water partition coefficient (Wildman–Crippen LogP) is 0.414. The van der Waals surface area contributed by atoms with E-state index in [2.05, 4.69) is 25.1 Å². The Hall–Kier alpha value is -1.06. The molecule has 2 saturated heterocycles. The Balaban J connectivity index is 2.18. The minimum Gasteiger partial charge on any atom is -0.326 e. The van der Waals surface area contributed by atoms with Crippen LogP contribution in [-0.4, -0.2) is 55.9 Å². The average Bonchev–Trinajstić information content (AvgIpc) is 2.75. The second kappa shape index (κ2) is 5.98. The van der Waals surface area contributed by atoms with E-state index < -0.39 is 9.84 Å². The summed E-state index contributed by atoms with van der Waals surface area (Å²) in [6.07, 6.45) is 7.90. The van der Waals surface area contributed by atoms with E-state index in [9.17, 15) is 13.2 Å². The van der Waals surface area contributed by atoms with Gasteiger partial charge in [-0.2, -0.15) is 0 Å². The maximum Gasteiger partial charge on any atom is 0.241 e. The topological polar surface area (TPSA) is 66.5 Å². The van der Waals surface area contributed by atoms with Crippen molar-refractivity contribution in [1.29, 1.82) is 0 Å². The highest BCUT2D eigenvalue weighted by Crippen LogP contribution is 2.32. The molecule has 2 unspecified atom stereocenters. The van der Waals surface area contributed by atoms with Crippen molar-refractivity contribution < 1.29 is 13.2 Å². The maximum atomic E-state index is 12.9. The SMILES string of the molecule is C#CCN(C(=O)C1NCCCC1(C)C)C1CCS(=O)(=O)C1. The number of carbonyl (C=O) groups is 1. The molecule has 2 aliphatic rings. The first-order chi connectivity index (χ1) is 9.77. The largest absolute Gasteiger partial charge is 0.326 e. The van der Waals surface area contributed by atoms with Crippen LogP contribution < -0.4 is 5.32 Å². The Bertz CT molecular complexity index is 548. The summed E-state index contributed by atoms with van der Waals surface area (Å²) in [7, 11) is -3.03. The van der Waals surface area contributed by atoms with Gasteiger partial charge < -0.3 is 10.2 Å². The molecule has 21 heavy (non-hydrogen) atoms. The van der Waals surface area contributed by atoms with Crippen molar-refractivity contribution >= 4 is 15.7 Å². The third kappa shape index (κ3) is 3.58. The molecule has 0 aromatic heterocycles. The molecule has 2 heterocycles. The van der Waals surface area contributed by atoms with Crippen LogP contribution in [0.15, 0.2) is 0 Å². The number of nitrogens with one attached hydrogen (secondary N) is 1. The molecular formula is C15H24N2O3S. The quantitative estimate of drug-likeness (QED) is 0.767. The first-order valence-electron chi connectivity index (χ1n) is 7.44. The van der Waals surface area contributed by atoms with E-state index in [1.807, 2.05) is 0 Å². The molecule has 1 N–H and O–H groups in total. The van der Waals surface area contributed by atoms with Crippen LogP contribution in [0.4, 0.5) is 0 Å². The number of hydrogen-bond acceptors (Lipinski definition) is 4. The number of nitrogens with zero attached hydrogens (tertiary/aromatic N) is 1. The number of hydrogen-bond donors (Lipinski definition) is 1. The van der Waals surface area contributed by atoms with Crippen LogP contribution in [-0.2, 0) is 14.6 Å². The fourth-order valence-electron chi connectivity index (χ4n) is 3.30. The summed E-state index contributed by atoms with van der Waals surface area (Å²) in [6.45, 7) is 5.13. The van der Waals surface area contributed by atoms with Gasteiger partial charge in [0.2, 0.25) is 5.91 Å². The van der Waals surface area contributed by atoms with Crippen LogP contribution in [0.1, 0.15) is 33.1 Å². The van der Waals surface area contributed by atoms with Gasteiger partial charge in [0.05, 0.1) is 24.1 Å². The lowest BCUT2D eigenvalue weighted by Gasteiger charge is -2.41. The summed E-state index contributed by atoms with van der Waals surface area (Å²) >= 11 is 0. The molecule has 6 heteroatoms. The first-order valence-corrected chi connectivity index (χ1v) is 9.27. The highest BCUT2D eigenvalue weighted by Gasteiger charge is 2.42. The van der Waals surface area contributed by atoms with Crippen LogP contribution in [0.2, 0.25) is 0 Å². The van der Waals surface area contributed by atoms with Gasteiger partial charge in [-0.05, 0) is 31.2 Å². The van der Waals surface area contributed by atoms with Crippen molar-refractivity contribution in [1.82, 2.24) is 10.2 Å². The molecule has 0 spiro atoms. The summed E-state index contributed by atoms with van der Waals surface area (Å²) in [4.78, 5) is 14.5. The molecule has 0 saturated carbocycles. The normalized spacial score (nSPS) is 30.5. The molecule has 2 rings (SSSR count). The molecule has 0 aromatic carbocycles. The van der Waals surface area contributed by atoms with Crippen LogP contribution in [0.3, 0.4) is 0 Å². The molecule has 2 aliphatic heterocycles. The monoisotopic (exact) mass is 312 g/mol. The lowest BCUT2D eigenvalue weighted by molar-refractivity contribution is -0.138. The molecule has 2 atom stereocenters. The van der Waals surface area contributed by atoms with E-state index in [1.165, 1.54) is 0 Å². The van der Waals surface area contributed by atoms with Gasteiger partial charge in [-0.1, -0.05) is 19.8 Å². The minimum atomic E-state index is -3.03. The second-order valence-corrected chi connectivity index (χ2v) is 8.94. The van der Waals surface area contributed by atoms with E-state index in [0.717, 1.165) is 19.4 Å². The third-order valence-electron chi connectivity index (χ3n) is 4.57. The Labute approximate surface area is 127 Å². The zero-order valence-corrected chi connectivity index (χ0v) is 13.6. The number of rotatable bonds is 3. The number of piperidine rings is 1. The van der Waals surface area contributed by atoms with Crippen LogP contribution in [0.25, 0.3) is 0 Å². The lowest BCUT2D eigenvalue weighted by Crippen LogP contribution is -2.58. The average molecular weight is 312 g/mol. The Morgan fingerprint density at radius 1 is 1.48 bits per heavy atom. The Morgan fingerprint density at radius 2 is 2.19 bits per heavy atom. The van der Waals surface area contributed by atoms with Crippen molar-refractivity contribution in [2.45, 2.75) is 45.2 Å². The molecule has 0 radical (unpaired) electrons. The minimum absolute atomic E-state index is 0.0353. The molecule has 0 aromatic rings. The highest BCUT2D eigenvalue weighted by atomic mass is 32.2. The molecule has 0 bridgehead atoms. The highest BCUT2D eigenvalue weighted by molar-refractivity contribution is 7.91. The van der Waals surface area contributed by atoms with Gasteiger partial charge in [-0.3, -0.25) is 4.79 Å². The summed E-state index contributed by atoms with van der Waals surface area (Å²) in [5, 5.41) is 3.28. The van der Waals surface area contributed by atoms with Crippen LogP contribution in [0.5, 0.6) is 0 Å². The first kappa shape index (κ1) is 16.3. The molecule has 0 aliphatic carbocycles. The summed E-state index contributed by atoms with van der Waals surface area (Å²) < 4.78 is 23.3. The standard InChI is InChI=1S/C15H24N2O3S/c1-4-9-17(12-6-10-21(19,20)11-12)14(18)13-15(2,3)7-5-8-16-13/h1,12-13,16H,5-11H2,2-3H3. The molecule has 118 valence electrons. The smallest absolute Gasteiger partial charge is 0.241 e. The molecular weight excluding hydrogens is 288 g/mol. The number of sulfone groups is 1. The van der Waals surface area contributed by atoms with Crippen LogP contribution >= 0.6 is 0 Å². The van der Waals surface area contributed by atoms with Gasteiger partial charge in [0.25, 0.3) is 0 Å². The predicted molar refractivity (Wildman–Crippen MR) is 82.4 cm³/mol. The fourth-order valence-corrected chi connectivity index (χ4v) is 5.04. The zero-order valence-electron chi connectivity index (χ0n) is 12.8. The van der Waals surface area contributed by atoms with Gasteiger partial charge in [0, 0.05) is 6.04 Å². The fraction of sp³-hybridized carbons (Fsp3) is 0.800. The van der Waals surface area contributed by atoms with E-state index in [0.29, 0.717) is 6.42 Å². The van der Waals surface area contributed by atoms with Gasteiger partial charge in [-0.25, -0.2) is 8.42 Å². The van der Waals surface area contributed by atoms with Gasteiger partial charge in [0.1, 0.15) is 0 Å². The molecule has 5 nitrogen and oxygen atoms in total. The van der Waals surface area contributed by atoms with Crippen molar-refractivity contribution in [3.8, 4) is 12.3 Å². The molecule has 1 amide bonds. The molecule has 2 fully saturated rings. The summed E-state index contributed by atoms with van der Waals surface area (Å²) in [5.74, 6) is 2.63.